The van der Waals surface area contributed by atoms with Gasteiger partial charge in [0.1, 0.15) is 5.25 Å². The Hall–Kier alpha value is -3.58. The van der Waals surface area contributed by atoms with Crippen molar-refractivity contribution in [3.8, 4) is 11.4 Å². The number of nitrogens with one attached hydrogen (secondary N) is 2. The maximum atomic E-state index is 13.5. The van der Waals surface area contributed by atoms with Crippen LogP contribution >= 0.6 is 11.8 Å². The Bertz CT molecular complexity index is 1280. The fraction of sp³-hybridized carbons (Fsp3) is 0.192. The van der Waals surface area contributed by atoms with Crippen molar-refractivity contribution in [2.24, 2.45) is 0 Å². The van der Waals surface area contributed by atoms with Gasteiger partial charge in [0.05, 0.1) is 6.04 Å². The molecule has 6 nitrogen and oxygen atoms in total. The van der Waals surface area contributed by atoms with E-state index in [2.05, 4.69) is 58.2 Å². The van der Waals surface area contributed by atoms with E-state index in [1.165, 1.54) is 17.3 Å². The molecule has 2 heterocycles. The quantitative estimate of drug-likeness (QED) is 0.439. The Morgan fingerprint density at radius 3 is 2.30 bits per heavy atom. The van der Waals surface area contributed by atoms with E-state index in [4.69, 9.17) is 0 Å². The van der Waals surface area contributed by atoms with Gasteiger partial charge in [-0.05, 0) is 49.6 Å². The first-order valence-corrected chi connectivity index (χ1v) is 11.8. The second-order valence-corrected chi connectivity index (χ2v) is 9.54. The van der Waals surface area contributed by atoms with Crippen LogP contribution < -0.4 is 10.7 Å². The lowest BCUT2D eigenvalue weighted by atomic mass is 10.0. The smallest absolute Gasteiger partial charge is 0.240 e. The number of hydrogen-bond acceptors (Lipinski definition) is 5. The Kier molecular flexibility index (Phi) is 5.64. The summed E-state index contributed by atoms with van der Waals surface area (Å²) < 4.78 is 1.89. The van der Waals surface area contributed by atoms with Crippen molar-refractivity contribution in [3.63, 3.8) is 0 Å². The van der Waals surface area contributed by atoms with Gasteiger partial charge in [-0.1, -0.05) is 78.0 Å². The van der Waals surface area contributed by atoms with E-state index >= 15 is 0 Å². The van der Waals surface area contributed by atoms with Crippen LogP contribution in [0.15, 0.2) is 78.0 Å². The highest BCUT2D eigenvalue weighted by Gasteiger charge is 2.38. The highest BCUT2D eigenvalue weighted by atomic mass is 32.2. The van der Waals surface area contributed by atoms with Crippen molar-refractivity contribution >= 4 is 23.4 Å². The van der Waals surface area contributed by atoms with E-state index in [0.717, 1.165) is 33.8 Å². The van der Waals surface area contributed by atoms with E-state index in [-0.39, 0.29) is 11.9 Å². The largest absolute Gasteiger partial charge is 0.325 e. The predicted octanol–water partition coefficient (Wildman–Crippen LogP) is 5.27. The van der Waals surface area contributed by atoms with Crippen LogP contribution in [0.5, 0.6) is 0 Å². The Morgan fingerprint density at radius 2 is 1.61 bits per heavy atom. The number of aryl methyl sites for hydroxylation is 3. The zero-order valence-corrected chi connectivity index (χ0v) is 19.6. The summed E-state index contributed by atoms with van der Waals surface area (Å²) in [5.74, 6) is 0.655. The molecule has 0 aliphatic carbocycles. The van der Waals surface area contributed by atoms with Crippen LogP contribution in [0.1, 0.15) is 28.3 Å². The number of hydrogen-bond donors (Lipinski definition) is 2. The Labute approximate surface area is 197 Å². The van der Waals surface area contributed by atoms with Crippen LogP contribution in [-0.2, 0) is 4.79 Å². The second kappa shape index (κ2) is 8.75. The third kappa shape index (κ3) is 4.36. The van der Waals surface area contributed by atoms with Crippen molar-refractivity contribution in [3.05, 3.63) is 95.1 Å². The van der Waals surface area contributed by atoms with E-state index < -0.39 is 5.25 Å². The number of anilines is 1. The van der Waals surface area contributed by atoms with Gasteiger partial charge in [0.2, 0.25) is 11.1 Å². The minimum absolute atomic E-state index is 0.0708. The molecule has 1 aliphatic rings. The van der Waals surface area contributed by atoms with Crippen molar-refractivity contribution in [2.45, 2.75) is 37.2 Å². The average Bonchev–Trinajstić information content (AvgIpc) is 3.21. The molecule has 0 saturated heterocycles. The summed E-state index contributed by atoms with van der Waals surface area (Å²) in [7, 11) is 0. The molecule has 1 aromatic heterocycles. The second-order valence-electron chi connectivity index (χ2n) is 8.43. The Balaban J connectivity index is 1.51. The topological polar surface area (TPSA) is 71.8 Å². The molecule has 0 bridgehead atoms. The molecule has 0 saturated carbocycles. The highest BCUT2D eigenvalue weighted by molar-refractivity contribution is 8.00. The summed E-state index contributed by atoms with van der Waals surface area (Å²) in [5.41, 5.74) is 9.73. The lowest BCUT2D eigenvalue weighted by molar-refractivity contribution is -0.116. The maximum Gasteiger partial charge on any atom is 0.240 e. The predicted molar refractivity (Wildman–Crippen MR) is 133 cm³/mol. The number of rotatable bonds is 4. The van der Waals surface area contributed by atoms with Gasteiger partial charge < -0.3 is 10.7 Å². The molecular formula is C26H25N5OS. The number of aromatic nitrogens is 3. The van der Waals surface area contributed by atoms with Gasteiger partial charge in [0.25, 0.3) is 0 Å². The normalized spacial score (nSPS) is 17.2. The molecular weight excluding hydrogens is 430 g/mol. The average molecular weight is 456 g/mol. The zero-order chi connectivity index (χ0) is 22.9. The van der Waals surface area contributed by atoms with Gasteiger partial charge in [0.15, 0.2) is 5.82 Å². The van der Waals surface area contributed by atoms with E-state index in [0.29, 0.717) is 5.16 Å². The van der Waals surface area contributed by atoms with Gasteiger partial charge in [-0.2, -0.15) is 0 Å². The number of nitrogens with zero attached hydrogens (tertiary/aromatic N) is 3. The first-order chi connectivity index (χ1) is 16.0. The van der Waals surface area contributed by atoms with Crippen LogP contribution in [0.3, 0.4) is 0 Å². The number of benzene rings is 3. The molecule has 1 aliphatic heterocycles. The molecule has 0 radical (unpaired) electrons. The van der Waals surface area contributed by atoms with Crippen LogP contribution in [-0.4, -0.2) is 26.0 Å². The molecule has 2 atom stereocenters. The first-order valence-electron chi connectivity index (χ1n) is 10.9. The summed E-state index contributed by atoms with van der Waals surface area (Å²) in [5, 5.41) is 12.1. The first kappa shape index (κ1) is 21.3. The number of carbonyl (C=O) groups is 1. The molecule has 0 fully saturated rings. The summed E-state index contributed by atoms with van der Waals surface area (Å²) in [6, 6.07) is 24.0. The van der Waals surface area contributed by atoms with Crippen LogP contribution in [0, 0.1) is 20.8 Å². The zero-order valence-electron chi connectivity index (χ0n) is 18.7. The monoisotopic (exact) mass is 455 g/mol. The van der Waals surface area contributed by atoms with Crippen LogP contribution in [0.2, 0.25) is 0 Å². The molecule has 0 spiro atoms. The fourth-order valence-corrected chi connectivity index (χ4v) is 5.19. The minimum atomic E-state index is -0.422. The molecule has 166 valence electrons. The maximum absolute atomic E-state index is 13.5. The van der Waals surface area contributed by atoms with Crippen molar-refractivity contribution in [2.75, 3.05) is 10.7 Å². The molecule has 3 aromatic carbocycles. The van der Waals surface area contributed by atoms with Gasteiger partial charge >= 0.3 is 0 Å². The molecule has 5 rings (SSSR count). The standard InChI is InChI=1S/C26H25N5OS/c1-16-9-11-19(12-10-16)22-23(25(32)27-21-14-17(2)13-18(3)15-21)33-26-29-28-24(31(26)30-22)20-7-5-4-6-8-20/h4-15,22-23,30H,1-3H3,(H,27,32)/t22-,23+/m0/s1. The number of fused-ring (bicyclic) bond motifs is 1. The third-order valence-electron chi connectivity index (χ3n) is 5.65. The van der Waals surface area contributed by atoms with E-state index in [1.807, 2.05) is 61.0 Å². The van der Waals surface area contributed by atoms with Crippen LogP contribution in [0.25, 0.3) is 11.4 Å². The van der Waals surface area contributed by atoms with Crippen molar-refractivity contribution < 1.29 is 4.79 Å². The number of carbonyl (C=O) groups excluding carboxylic acids is 1. The van der Waals surface area contributed by atoms with Gasteiger partial charge in [-0.15, -0.1) is 10.2 Å². The number of amides is 1. The third-order valence-corrected chi connectivity index (χ3v) is 6.87. The lowest BCUT2D eigenvalue weighted by Gasteiger charge is -2.33. The summed E-state index contributed by atoms with van der Waals surface area (Å²) in [6.07, 6.45) is 0. The van der Waals surface area contributed by atoms with Crippen molar-refractivity contribution in [1.82, 2.24) is 14.9 Å². The van der Waals surface area contributed by atoms with E-state index in [1.54, 1.807) is 0 Å². The van der Waals surface area contributed by atoms with E-state index in [9.17, 15) is 4.79 Å². The van der Waals surface area contributed by atoms with Gasteiger partial charge in [-0.3, -0.25) is 4.79 Å². The van der Waals surface area contributed by atoms with Crippen molar-refractivity contribution in [1.29, 1.82) is 0 Å². The summed E-state index contributed by atoms with van der Waals surface area (Å²) in [6.45, 7) is 6.12. The fourth-order valence-electron chi connectivity index (χ4n) is 4.11. The highest BCUT2D eigenvalue weighted by Crippen LogP contribution is 2.39. The summed E-state index contributed by atoms with van der Waals surface area (Å²) in [4.78, 5) is 13.5. The summed E-state index contributed by atoms with van der Waals surface area (Å²) >= 11 is 1.43. The number of thioether (sulfide) groups is 1. The lowest BCUT2D eigenvalue weighted by Crippen LogP contribution is -2.41. The van der Waals surface area contributed by atoms with Crippen LogP contribution in [0.4, 0.5) is 5.69 Å². The molecule has 33 heavy (non-hydrogen) atoms. The molecule has 7 heteroatoms. The Morgan fingerprint density at radius 1 is 0.909 bits per heavy atom. The molecule has 1 amide bonds. The molecule has 2 N–H and O–H groups in total. The SMILES string of the molecule is Cc1ccc([C@@H]2Nn3c(nnc3-c3ccccc3)S[C@H]2C(=O)Nc2cc(C)cc(C)c2)cc1. The van der Waals surface area contributed by atoms with Gasteiger partial charge in [0, 0.05) is 11.3 Å². The van der Waals surface area contributed by atoms with Gasteiger partial charge in [-0.25, -0.2) is 4.68 Å². The molecule has 0 unspecified atom stereocenters. The molecule has 4 aromatic rings. The minimum Gasteiger partial charge on any atom is -0.325 e.